The fourth-order valence-corrected chi connectivity index (χ4v) is 3.99. The van der Waals surface area contributed by atoms with E-state index in [1.54, 1.807) is 24.3 Å². The smallest absolute Gasteiger partial charge is 0.207 e. The van der Waals surface area contributed by atoms with E-state index >= 15 is 0 Å². The minimum atomic E-state index is -3.50. The molecule has 0 atom stereocenters. The summed E-state index contributed by atoms with van der Waals surface area (Å²) < 4.78 is 25.7. The molecule has 0 aliphatic rings. The monoisotopic (exact) mass is 296 g/mol. The summed E-state index contributed by atoms with van der Waals surface area (Å²) in [5, 5.41) is 1.75. The number of hydrogen-bond donors (Lipinski definition) is 0. The molecule has 0 N–H and O–H groups in total. The molecule has 3 rings (SSSR count). The largest absolute Gasteiger partial charge is 0.218 e. The molecule has 3 aromatic carbocycles. The highest BCUT2D eigenvalue weighted by Crippen LogP contribution is 2.29. The zero-order chi connectivity index (χ0) is 15.0. The van der Waals surface area contributed by atoms with Crippen LogP contribution in [0.4, 0.5) is 0 Å². The normalized spacial score (nSPS) is 11.7. The van der Waals surface area contributed by atoms with Crippen LogP contribution in [0.3, 0.4) is 0 Å². The first-order valence-corrected chi connectivity index (χ1v) is 8.28. The van der Waals surface area contributed by atoms with Gasteiger partial charge in [0.1, 0.15) is 0 Å². The molecule has 2 nitrogen and oxygen atoms in total. The number of aryl methyl sites for hydroxylation is 2. The molecule has 106 valence electrons. The quantitative estimate of drug-likeness (QED) is 0.707. The fraction of sp³-hybridized carbons (Fsp3) is 0.111. The van der Waals surface area contributed by atoms with E-state index in [9.17, 15) is 8.42 Å². The summed E-state index contributed by atoms with van der Waals surface area (Å²) in [6.07, 6.45) is 0. The Hall–Kier alpha value is -2.13. The van der Waals surface area contributed by atoms with E-state index in [4.69, 9.17) is 0 Å². The lowest BCUT2D eigenvalue weighted by molar-refractivity contribution is 0.597. The molecule has 3 heteroatoms. The molecule has 0 bridgehead atoms. The van der Waals surface area contributed by atoms with Gasteiger partial charge < -0.3 is 0 Å². The summed E-state index contributed by atoms with van der Waals surface area (Å²) >= 11 is 0. The molecule has 0 amide bonds. The molecule has 0 radical (unpaired) electrons. The van der Waals surface area contributed by atoms with Crippen molar-refractivity contribution in [3.05, 3.63) is 71.8 Å². The van der Waals surface area contributed by atoms with Crippen LogP contribution >= 0.6 is 0 Å². The topological polar surface area (TPSA) is 34.1 Å². The molecule has 0 aliphatic heterocycles. The molecule has 0 spiro atoms. The lowest BCUT2D eigenvalue weighted by Crippen LogP contribution is -2.03. The predicted molar refractivity (Wildman–Crippen MR) is 85.3 cm³/mol. The van der Waals surface area contributed by atoms with Crippen LogP contribution in [0.2, 0.25) is 0 Å². The first-order valence-electron chi connectivity index (χ1n) is 6.80. The molecule has 0 unspecified atom stereocenters. The summed E-state index contributed by atoms with van der Waals surface area (Å²) in [5.74, 6) is 0. The van der Waals surface area contributed by atoms with Crippen LogP contribution in [0.1, 0.15) is 11.1 Å². The maximum Gasteiger partial charge on any atom is 0.207 e. The maximum absolute atomic E-state index is 12.9. The van der Waals surface area contributed by atoms with Gasteiger partial charge in [-0.15, -0.1) is 0 Å². The van der Waals surface area contributed by atoms with Crippen molar-refractivity contribution in [1.82, 2.24) is 0 Å². The second-order valence-electron chi connectivity index (χ2n) is 5.24. The average molecular weight is 296 g/mol. The Balaban J connectivity index is 2.29. The first kappa shape index (κ1) is 13.8. The third kappa shape index (κ3) is 2.34. The van der Waals surface area contributed by atoms with E-state index in [-0.39, 0.29) is 0 Å². The minimum Gasteiger partial charge on any atom is -0.218 e. The summed E-state index contributed by atoms with van der Waals surface area (Å²) in [7, 11) is -3.50. The Kier molecular flexibility index (Phi) is 3.30. The van der Waals surface area contributed by atoms with Crippen LogP contribution in [0.25, 0.3) is 10.8 Å². The average Bonchev–Trinajstić information content (AvgIpc) is 2.47. The number of hydrogen-bond acceptors (Lipinski definition) is 2. The van der Waals surface area contributed by atoms with Crippen LogP contribution in [0.15, 0.2) is 70.5 Å². The van der Waals surface area contributed by atoms with Crippen LogP contribution in [0, 0.1) is 13.8 Å². The minimum absolute atomic E-state index is 0.335. The summed E-state index contributed by atoms with van der Waals surface area (Å²) in [4.78, 5) is 0.703. The Morgan fingerprint density at radius 3 is 2.05 bits per heavy atom. The van der Waals surface area contributed by atoms with Gasteiger partial charge >= 0.3 is 0 Å². The van der Waals surface area contributed by atoms with Gasteiger partial charge in [0.05, 0.1) is 9.79 Å². The molecule has 3 aromatic rings. The molecule has 0 fully saturated rings. The fourth-order valence-electron chi connectivity index (χ4n) is 2.52. The lowest BCUT2D eigenvalue weighted by atomic mass is 10.1. The summed E-state index contributed by atoms with van der Waals surface area (Å²) in [6, 6.07) is 18.2. The van der Waals surface area contributed by atoms with E-state index in [0.29, 0.717) is 9.79 Å². The van der Waals surface area contributed by atoms with Gasteiger partial charge in [0.25, 0.3) is 0 Å². The van der Waals surface area contributed by atoms with Crippen LogP contribution in [0.5, 0.6) is 0 Å². The standard InChI is InChI=1S/C18H16O2S/c1-13-9-11-15(12-10-13)21(19,20)18-8-4-6-16-14(2)5-3-7-17(16)18/h3-12H,1-2H3. The molecule has 0 aliphatic carbocycles. The van der Waals surface area contributed by atoms with Gasteiger partial charge in [-0.3, -0.25) is 0 Å². The zero-order valence-corrected chi connectivity index (χ0v) is 12.8. The van der Waals surface area contributed by atoms with Gasteiger partial charge in [0.2, 0.25) is 9.84 Å². The molecular weight excluding hydrogens is 280 g/mol. The van der Waals surface area contributed by atoms with Crippen molar-refractivity contribution in [2.45, 2.75) is 23.6 Å². The van der Waals surface area contributed by atoms with Crippen molar-refractivity contribution >= 4 is 20.6 Å². The van der Waals surface area contributed by atoms with Crippen molar-refractivity contribution < 1.29 is 8.42 Å². The van der Waals surface area contributed by atoms with Gasteiger partial charge in [-0.2, -0.15) is 0 Å². The van der Waals surface area contributed by atoms with Crippen molar-refractivity contribution in [2.75, 3.05) is 0 Å². The van der Waals surface area contributed by atoms with Crippen LogP contribution in [-0.4, -0.2) is 8.42 Å². The van der Waals surface area contributed by atoms with Gasteiger partial charge in [-0.25, -0.2) is 8.42 Å². The molecular formula is C18H16O2S. The Morgan fingerprint density at radius 2 is 1.33 bits per heavy atom. The Morgan fingerprint density at radius 1 is 0.714 bits per heavy atom. The van der Waals surface area contributed by atoms with Crippen LogP contribution in [-0.2, 0) is 9.84 Å². The van der Waals surface area contributed by atoms with E-state index in [1.807, 2.05) is 50.2 Å². The van der Waals surface area contributed by atoms with E-state index in [2.05, 4.69) is 0 Å². The number of rotatable bonds is 2. The molecule has 21 heavy (non-hydrogen) atoms. The first-order chi connectivity index (χ1) is 10.00. The second kappa shape index (κ2) is 5.01. The third-order valence-electron chi connectivity index (χ3n) is 3.72. The van der Waals surface area contributed by atoms with Gasteiger partial charge in [0, 0.05) is 5.39 Å². The highest BCUT2D eigenvalue weighted by Gasteiger charge is 2.20. The summed E-state index contributed by atoms with van der Waals surface area (Å²) in [6.45, 7) is 3.93. The van der Waals surface area contributed by atoms with Gasteiger partial charge in [0.15, 0.2) is 0 Å². The molecule has 0 aromatic heterocycles. The van der Waals surface area contributed by atoms with Crippen molar-refractivity contribution in [1.29, 1.82) is 0 Å². The third-order valence-corrected chi connectivity index (χ3v) is 5.55. The SMILES string of the molecule is Cc1ccc(S(=O)(=O)c2cccc3c(C)cccc23)cc1. The van der Waals surface area contributed by atoms with E-state index < -0.39 is 9.84 Å². The number of sulfone groups is 1. The maximum atomic E-state index is 12.9. The zero-order valence-electron chi connectivity index (χ0n) is 12.0. The summed E-state index contributed by atoms with van der Waals surface area (Å²) in [5.41, 5.74) is 2.12. The Labute approximate surface area is 125 Å². The highest BCUT2D eigenvalue weighted by atomic mass is 32.2. The molecule has 0 saturated carbocycles. The predicted octanol–water partition coefficient (Wildman–Crippen LogP) is 4.29. The van der Waals surface area contributed by atoms with Gasteiger partial charge in [-0.05, 0) is 43.0 Å². The lowest BCUT2D eigenvalue weighted by Gasteiger charge is -2.10. The van der Waals surface area contributed by atoms with Crippen molar-refractivity contribution in [3.63, 3.8) is 0 Å². The number of benzene rings is 3. The van der Waals surface area contributed by atoms with E-state index in [0.717, 1.165) is 21.9 Å². The van der Waals surface area contributed by atoms with E-state index in [1.165, 1.54) is 0 Å². The highest BCUT2D eigenvalue weighted by molar-refractivity contribution is 7.91. The van der Waals surface area contributed by atoms with Gasteiger partial charge in [-0.1, -0.05) is 48.0 Å². The van der Waals surface area contributed by atoms with Crippen molar-refractivity contribution in [3.8, 4) is 0 Å². The number of fused-ring (bicyclic) bond motifs is 1. The molecule has 0 saturated heterocycles. The van der Waals surface area contributed by atoms with Crippen molar-refractivity contribution in [2.24, 2.45) is 0 Å². The molecule has 0 heterocycles. The Bertz CT molecular complexity index is 908. The van der Waals surface area contributed by atoms with Crippen LogP contribution < -0.4 is 0 Å². The second-order valence-corrected chi connectivity index (χ2v) is 7.16.